The quantitative estimate of drug-likeness (QED) is 0.644. The first-order valence-electron chi connectivity index (χ1n) is 3.24. The molecule has 1 aromatic rings. The summed E-state index contributed by atoms with van der Waals surface area (Å²) in [6, 6.07) is 2.07. The van der Waals surface area contributed by atoms with Gasteiger partial charge in [-0.15, -0.1) is 0 Å². The molecule has 1 aromatic heterocycles. The van der Waals surface area contributed by atoms with Crippen LogP contribution in [-0.2, 0) is 5.41 Å². The van der Waals surface area contributed by atoms with E-state index in [1.165, 1.54) is 5.56 Å². The summed E-state index contributed by atoms with van der Waals surface area (Å²) in [5.41, 5.74) is 1.48. The molecule has 10 heavy (non-hydrogen) atoms. The van der Waals surface area contributed by atoms with E-state index in [1.807, 2.05) is 6.26 Å². The van der Waals surface area contributed by atoms with E-state index in [0.29, 0.717) is 0 Å². The molecule has 0 aromatic carbocycles. The molecular formula is C8H11IO. The van der Waals surface area contributed by atoms with E-state index in [1.54, 1.807) is 0 Å². The SMILES string of the molecule is CC(C)(C)c1coc(I)c1. The maximum absolute atomic E-state index is 5.18. The number of hydrogen-bond donors (Lipinski definition) is 0. The normalized spacial score (nSPS) is 12.0. The maximum Gasteiger partial charge on any atom is 0.163 e. The summed E-state index contributed by atoms with van der Waals surface area (Å²) in [5, 5.41) is 0. The second-order valence-corrected chi connectivity index (χ2v) is 4.45. The Labute approximate surface area is 74.9 Å². The van der Waals surface area contributed by atoms with Gasteiger partial charge in [0, 0.05) is 0 Å². The van der Waals surface area contributed by atoms with Crippen molar-refractivity contribution in [2.24, 2.45) is 0 Å². The van der Waals surface area contributed by atoms with E-state index in [9.17, 15) is 0 Å². The van der Waals surface area contributed by atoms with Crippen molar-refractivity contribution in [1.82, 2.24) is 0 Å². The molecule has 1 rings (SSSR count). The highest BCUT2D eigenvalue weighted by atomic mass is 127. The Balaban J connectivity index is 2.96. The number of rotatable bonds is 0. The van der Waals surface area contributed by atoms with Gasteiger partial charge < -0.3 is 4.42 Å². The average molecular weight is 250 g/mol. The Kier molecular flexibility index (Phi) is 2.08. The van der Waals surface area contributed by atoms with Crippen LogP contribution in [0.2, 0.25) is 0 Å². The monoisotopic (exact) mass is 250 g/mol. The van der Waals surface area contributed by atoms with Crippen molar-refractivity contribution in [2.45, 2.75) is 26.2 Å². The lowest BCUT2D eigenvalue weighted by Gasteiger charge is -2.14. The summed E-state index contributed by atoms with van der Waals surface area (Å²) in [5.74, 6) is 0. The second kappa shape index (κ2) is 2.57. The van der Waals surface area contributed by atoms with Gasteiger partial charge in [-0.05, 0) is 39.6 Å². The van der Waals surface area contributed by atoms with Gasteiger partial charge in [-0.2, -0.15) is 0 Å². The van der Waals surface area contributed by atoms with Gasteiger partial charge >= 0.3 is 0 Å². The molecule has 0 fully saturated rings. The zero-order chi connectivity index (χ0) is 7.78. The lowest BCUT2D eigenvalue weighted by atomic mass is 9.89. The number of hydrogen-bond acceptors (Lipinski definition) is 1. The van der Waals surface area contributed by atoms with Gasteiger partial charge in [-0.25, -0.2) is 0 Å². The molecule has 1 heterocycles. The fourth-order valence-electron chi connectivity index (χ4n) is 0.703. The molecule has 0 aliphatic heterocycles. The van der Waals surface area contributed by atoms with Crippen LogP contribution in [0.25, 0.3) is 0 Å². The van der Waals surface area contributed by atoms with Crippen molar-refractivity contribution >= 4 is 22.6 Å². The molecule has 0 aliphatic rings. The Bertz CT molecular complexity index is 219. The Hall–Kier alpha value is 0.01000. The minimum absolute atomic E-state index is 0.215. The first-order valence-corrected chi connectivity index (χ1v) is 4.32. The molecule has 0 radical (unpaired) electrons. The molecule has 0 bridgehead atoms. The molecule has 0 spiro atoms. The van der Waals surface area contributed by atoms with E-state index in [-0.39, 0.29) is 5.41 Å². The third-order valence-electron chi connectivity index (χ3n) is 1.43. The Morgan fingerprint density at radius 1 is 1.40 bits per heavy atom. The molecule has 0 saturated heterocycles. The minimum atomic E-state index is 0.215. The number of furan rings is 1. The molecule has 0 saturated carbocycles. The van der Waals surface area contributed by atoms with Gasteiger partial charge in [-0.1, -0.05) is 20.8 Å². The predicted molar refractivity (Wildman–Crippen MR) is 50.1 cm³/mol. The third-order valence-corrected chi connectivity index (χ3v) is 2.00. The van der Waals surface area contributed by atoms with Crippen LogP contribution in [-0.4, -0.2) is 0 Å². The summed E-state index contributed by atoms with van der Waals surface area (Å²) < 4.78 is 6.14. The summed E-state index contributed by atoms with van der Waals surface area (Å²) in [7, 11) is 0. The van der Waals surface area contributed by atoms with Crippen LogP contribution >= 0.6 is 22.6 Å². The van der Waals surface area contributed by atoms with Crippen LogP contribution in [0.5, 0.6) is 0 Å². The molecule has 2 heteroatoms. The fraction of sp³-hybridized carbons (Fsp3) is 0.500. The molecule has 0 amide bonds. The third kappa shape index (κ3) is 1.75. The lowest BCUT2D eigenvalue weighted by Crippen LogP contribution is -2.08. The first-order chi connectivity index (χ1) is 4.50. The molecule has 0 aliphatic carbocycles. The molecule has 0 atom stereocenters. The summed E-state index contributed by atoms with van der Waals surface area (Å²) in [6.45, 7) is 6.52. The minimum Gasteiger partial charge on any atom is -0.458 e. The van der Waals surface area contributed by atoms with E-state index in [0.717, 1.165) is 3.77 Å². The van der Waals surface area contributed by atoms with Crippen molar-refractivity contribution in [3.8, 4) is 0 Å². The van der Waals surface area contributed by atoms with E-state index in [4.69, 9.17) is 4.42 Å². The van der Waals surface area contributed by atoms with Gasteiger partial charge in [0.1, 0.15) is 0 Å². The lowest BCUT2D eigenvalue weighted by molar-refractivity contribution is 0.519. The topological polar surface area (TPSA) is 13.1 Å². The van der Waals surface area contributed by atoms with Gasteiger partial charge in [0.05, 0.1) is 6.26 Å². The molecule has 1 nitrogen and oxygen atoms in total. The zero-order valence-electron chi connectivity index (χ0n) is 6.44. The van der Waals surface area contributed by atoms with E-state index < -0.39 is 0 Å². The summed E-state index contributed by atoms with van der Waals surface area (Å²) in [6.07, 6.45) is 1.82. The summed E-state index contributed by atoms with van der Waals surface area (Å²) in [4.78, 5) is 0. The smallest absolute Gasteiger partial charge is 0.163 e. The van der Waals surface area contributed by atoms with Crippen LogP contribution in [0.1, 0.15) is 26.3 Å². The maximum atomic E-state index is 5.18. The highest BCUT2D eigenvalue weighted by molar-refractivity contribution is 14.1. The average Bonchev–Trinajstić information content (AvgIpc) is 2.11. The van der Waals surface area contributed by atoms with Gasteiger partial charge in [0.15, 0.2) is 3.77 Å². The van der Waals surface area contributed by atoms with Crippen molar-refractivity contribution in [3.05, 3.63) is 21.7 Å². The van der Waals surface area contributed by atoms with Crippen molar-refractivity contribution < 1.29 is 4.42 Å². The summed E-state index contributed by atoms with van der Waals surface area (Å²) >= 11 is 2.17. The zero-order valence-corrected chi connectivity index (χ0v) is 8.60. The first kappa shape index (κ1) is 8.11. The predicted octanol–water partition coefficient (Wildman–Crippen LogP) is 3.18. The number of halogens is 1. The standard InChI is InChI=1S/C8H11IO/c1-8(2,3)6-4-7(9)10-5-6/h4-5H,1-3H3. The van der Waals surface area contributed by atoms with Crippen molar-refractivity contribution in [2.75, 3.05) is 0 Å². The highest BCUT2D eigenvalue weighted by Gasteiger charge is 2.15. The molecule has 0 N–H and O–H groups in total. The molecule has 0 unspecified atom stereocenters. The molecule has 56 valence electrons. The Morgan fingerprint density at radius 3 is 2.20 bits per heavy atom. The van der Waals surface area contributed by atoms with Crippen LogP contribution in [0.15, 0.2) is 16.7 Å². The van der Waals surface area contributed by atoms with Crippen molar-refractivity contribution in [3.63, 3.8) is 0 Å². The van der Waals surface area contributed by atoms with Crippen molar-refractivity contribution in [1.29, 1.82) is 0 Å². The molecular weight excluding hydrogens is 239 g/mol. The van der Waals surface area contributed by atoms with Crippen LogP contribution < -0.4 is 0 Å². The van der Waals surface area contributed by atoms with Gasteiger partial charge in [0.25, 0.3) is 0 Å². The van der Waals surface area contributed by atoms with E-state index >= 15 is 0 Å². The highest BCUT2D eigenvalue weighted by Crippen LogP contribution is 2.24. The largest absolute Gasteiger partial charge is 0.458 e. The second-order valence-electron chi connectivity index (χ2n) is 3.39. The van der Waals surface area contributed by atoms with Crippen LogP contribution in [0.4, 0.5) is 0 Å². The van der Waals surface area contributed by atoms with Crippen LogP contribution in [0, 0.1) is 3.77 Å². The van der Waals surface area contributed by atoms with Gasteiger partial charge in [-0.3, -0.25) is 0 Å². The van der Waals surface area contributed by atoms with E-state index in [2.05, 4.69) is 49.4 Å². The van der Waals surface area contributed by atoms with Crippen LogP contribution in [0.3, 0.4) is 0 Å². The van der Waals surface area contributed by atoms with Gasteiger partial charge in [0.2, 0.25) is 0 Å². The fourth-order valence-corrected chi connectivity index (χ4v) is 1.17. The Morgan fingerprint density at radius 2 is 2.00 bits per heavy atom.